The molecule has 1 aromatic carbocycles. The van der Waals surface area contributed by atoms with Crippen molar-refractivity contribution in [3.63, 3.8) is 0 Å². The molecule has 0 spiro atoms. The second kappa shape index (κ2) is 8.77. The molecule has 26 heavy (non-hydrogen) atoms. The minimum absolute atomic E-state index is 0. The maximum atomic E-state index is 13.3. The molecule has 2 fully saturated rings. The van der Waals surface area contributed by atoms with Crippen molar-refractivity contribution in [2.24, 2.45) is 5.92 Å². The molecule has 0 radical (unpaired) electrons. The minimum atomic E-state index is -2.81. The Morgan fingerprint density at radius 2 is 2.00 bits per heavy atom. The third-order valence-corrected chi connectivity index (χ3v) is 4.83. The van der Waals surface area contributed by atoms with Crippen molar-refractivity contribution in [2.75, 3.05) is 26.2 Å². The lowest BCUT2D eigenvalue weighted by Crippen LogP contribution is -2.49. The number of alkyl halides is 2. The van der Waals surface area contributed by atoms with Gasteiger partial charge in [0, 0.05) is 31.6 Å². The van der Waals surface area contributed by atoms with E-state index < -0.39 is 24.9 Å². The maximum absolute atomic E-state index is 13.3. The number of piperidine rings is 1. The molecule has 8 heteroatoms. The van der Waals surface area contributed by atoms with Gasteiger partial charge in [-0.3, -0.25) is 14.9 Å². The summed E-state index contributed by atoms with van der Waals surface area (Å²) in [5, 5.41) is 5.52. The Hall–Kier alpha value is -1.73. The van der Waals surface area contributed by atoms with Crippen LogP contribution in [0.2, 0.25) is 0 Å². The Labute approximate surface area is 157 Å². The smallest absolute Gasteiger partial charge is 0.262 e. The van der Waals surface area contributed by atoms with Crippen LogP contribution in [-0.2, 0) is 4.79 Å². The highest BCUT2D eigenvalue weighted by Gasteiger charge is 2.44. The van der Waals surface area contributed by atoms with Gasteiger partial charge in [0.05, 0.1) is 12.6 Å². The molecule has 3 rings (SSSR count). The number of halogens is 3. The van der Waals surface area contributed by atoms with E-state index in [1.807, 2.05) is 6.07 Å². The van der Waals surface area contributed by atoms with Gasteiger partial charge >= 0.3 is 0 Å². The molecule has 2 amide bonds. The summed E-state index contributed by atoms with van der Waals surface area (Å²) in [6, 6.07) is 8.16. The van der Waals surface area contributed by atoms with Crippen LogP contribution < -0.4 is 10.6 Å². The zero-order valence-corrected chi connectivity index (χ0v) is 15.2. The first-order valence-electron chi connectivity index (χ1n) is 8.68. The fourth-order valence-corrected chi connectivity index (χ4v) is 3.47. The average Bonchev–Trinajstić information content (AvgIpc) is 3.00. The molecule has 2 heterocycles. The van der Waals surface area contributed by atoms with E-state index in [0.717, 1.165) is 12.8 Å². The number of carbonyl (C=O) groups is 2. The highest BCUT2D eigenvalue weighted by Crippen LogP contribution is 2.27. The summed E-state index contributed by atoms with van der Waals surface area (Å²) in [4.78, 5) is 26.2. The number of carbonyl (C=O) groups excluding carboxylic acids is 2. The fraction of sp³-hybridized carbons (Fsp3) is 0.556. The number of nitrogens with one attached hydrogen (secondary N) is 2. The third kappa shape index (κ3) is 5.14. The van der Waals surface area contributed by atoms with Crippen molar-refractivity contribution in [1.29, 1.82) is 0 Å². The molecule has 2 saturated heterocycles. The molecule has 2 aliphatic rings. The van der Waals surface area contributed by atoms with Gasteiger partial charge in [0.25, 0.3) is 11.8 Å². The zero-order valence-electron chi connectivity index (χ0n) is 14.4. The molecule has 5 nitrogen and oxygen atoms in total. The largest absolute Gasteiger partial charge is 0.352 e. The van der Waals surface area contributed by atoms with Crippen LogP contribution in [-0.4, -0.2) is 54.9 Å². The van der Waals surface area contributed by atoms with Gasteiger partial charge in [-0.15, -0.1) is 12.4 Å². The van der Waals surface area contributed by atoms with Crippen LogP contribution in [0.25, 0.3) is 0 Å². The van der Waals surface area contributed by atoms with E-state index >= 15 is 0 Å². The number of nitrogens with zero attached hydrogens (tertiary/aromatic N) is 1. The number of amides is 2. The van der Waals surface area contributed by atoms with Crippen LogP contribution in [0.5, 0.6) is 0 Å². The number of benzene rings is 1. The normalized spacial score (nSPS) is 24.6. The highest BCUT2D eigenvalue weighted by atomic mass is 35.5. The van der Waals surface area contributed by atoms with Crippen molar-refractivity contribution >= 4 is 24.2 Å². The lowest BCUT2D eigenvalue weighted by Gasteiger charge is -2.34. The van der Waals surface area contributed by atoms with Gasteiger partial charge in [0.1, 0.15) is 0 Å². The Morgan fingerprint density at radius 1 is 1.27 bits per heavy atom. The monoisotopic (exact) mass is 387 g/mol. The molecule has 1 aromatic rings. The van der Waals surface area contributed by atoms with Crippen molar-refractivity contribution in [2.45, 2.75) is 31.2 Å². The first kappa shape index (κ1) is 20.6. The highest BCUT2D eigenvalue weighted by molar-refractivity contribution is 5.94. The summed E-state index contributed by atoms with van der Waals surface area (Å²) in [6.45, 7) is 1.13. The predicted octanol–water partition coefficient (Wildman–Crippen LogP) is 2.07. The van der Waals surface area contributed by atoms with Crippen molar-refractivity contribution < 1.29 is 18.4 Å². The van der Waals surface area contributed by atoms with Gasteiger partial charge < -0.3 is 10.2 Å². The lowest BCUT2D eigenvalue weighted by molar-refractivity contribution is -0.135. The van der Waals surface area contributed by atoms with E-state index in [2.05, 4.69) is 10.6 Å². The van der Waals surface area contributed by atoms with Crippen LogP contribution in [0.1, 0.15) is 29.6 Å². The number of likely N-dealkylation sites (tertiary alicyclic amines) is 1. The van der Waals surface area contributed by atoms with Crippen LogP contribution in [0.3, 0.4) is 0 Å². The van der Waals surface area contributed by atoms with Crippen molar-refractivity contribution in [1.82, 2.24) is 15.5 Å². The van der Waals surface area contributed by atoms with E-state index in [4.69, 9.17) is 0 Å². The number of hydrogen-bond acceptors (Lipinski definition) is 3. The first-order valence-corrected chi connectivity index (χ1v) is 8.68. The van der Waals surface area contributed by atoms with Gasteiger partial charge in [-0.2, -0.15) is 0 Å². The SMILES string of the molecule is Cl.O=C(NCC1CCCN(C(=O)C2CC(F)(F)CN2)C1)c1ccccc1. The Bertz CT molecular complexity index is 630. The topological polar surface area (TPSA) is 61.4 Å². The fourth-order valence-electron chi connectivity index (χ4n) is 3.47. The average molecular weight is 388 g/mol. The third-order valence-electron chi connectivity index (χ3n) is 4.83. The number of hydrogen-bond donors (Lipinski definition) is 2. The van der Waals surface area contributed by atoms with E-state index in [1.165, 1.54) is 0 Å². The minimum Gasteiger partial charge on any atom is -0.352 e. The quantitative estimate of drug-likeness (QED) is 0.831. The summed E-state index contributed by atoms with van der Waals surface area (Å²) in [5.74, 6) is -3.05. The Morgan fingerprint density at radius 3 is 2.65 bits per heavy atom. The second-order valence-corrected chi connectivity index (χ2v) is 6.86. The Balaban J connectivity index is 0.00000243. The summed E-state index contributed by atoms with van der Waals surface area (Å²) in [6.07, 6.45) is 1.30. The molecule has 2 unspecified atom stereocenters. The molecule has 0 aliphatic carbocycles. The molecular weight excluding hydrogens is 364 g/mol. The molecule has 0 bridgehead atoms. The Kier molecular flexibility index (Phi) is 6.94. The van der Waals surface area contributed by atoms with Gasteiger partial charge in [-0.05, 0) is 30.9 Å². The van der Waals surface area contributed by atoms with Crippen LogP contribution in [0.15, 0.2) is 30.3 Å². The first-order chi connectivity index (χ1) is 11.9. The van der Waals surface area contributed by atoms with E-state index in [0.29, 0.717) is 25.2 Å². The summed E-state index contributed by atoms with van der Waals surface area (Å²) >= 11 is 0. The van der Waals surface area contributed by atoms with E-state index in [1.54, 1.807) is 29.2 Å². The standard InChI is InChI=1S/C18H23F2N3O2.ClH/c19-18(20)9-15(22-12-18)17(25)23-8-4-5-13(11-23)10-21-16(24)14-6-2-1-3-7-14;/h1-3,6-7,13,15,22H,4-5,8-12H2,(H,21,24);1H. The van der Waals surface area contributed by atoms with Crippen molar-refractivity contribution in [3.05, 3.63) is 35.9 Å². The van der Waals surface area contributed by atoms with Crippen molar-refractivity contribution in [3.8, 4) is 0 Å². The van der Waals surface area contributed by atoms with Crippen LogP contribution in [0.4, 0.5) is 8.78 Å². The summed E-state index contributed by atoms with van der Waals surface area (Å²) in [7, 11) is 0. The van der Waals surface area contributed by atoms with Gasteiger partial charge in [0.15, 0.2) is 0 Å². The molecule has 2 atom stereocenters. The number of rotatable bonds is 4. The molecule has 2 N–H and O–H groups in total. The molecule has 0 saturated carbocycles. The molecular formula is C18H24ClF2N3O2. The summed E-state index contributed by atoms with van der Waals surface area (Å²) in [5.41, 5.74) is 0.601. The van der Waals surface area contributed by atoms with Gasteiger partial charge in [-0.25, -0.2) is 8.78 Å². The molecule has 2 aliphatic heterocycles. The van der Waals surface area contributed by atoms with Gasteiger partial charge in [-0.1, -0.05) is 18.2 Å². The second-order valence-electron chi connectivity index (χ2n) is 6.86. The zero-order chi connectivity index (χ0) is 17.9. The molecule has 0 aromatic heterocycles. The predicted molar refractivity (Wildman–Crippen MR) is 96.7 cm³/mol. The van der Waals surface area contributed by atoms with E-state index in [9.17, 15) is 18.4 Å². The van der Waals surface area contributed by atoms with Gasteiger partial charge in [0.2, 0.25) is 5.91 Å². The maximum Gasteiger partial charge on any atom is 0.262 e. The molecule has 144 valence electrons. The van der Waals surface area contributed by atoms with Crippen LogP contribution >= 0.6 is 12.4 Å². The lowest BCUT2D eigenvalue weighted by atomic mass is 9.97. The van der Waals surface area contributed by atoms with Crippen LogP contribution in [0, 0.1) is 5.92 Å². The van der Waals surface area contributed by atoms with E-state index in [-0.39, 0.29) is 30.1 Å². The summed E-state index contributed by atoms with van der Waals surface area (Å²) < 4.78 is 26.6.